The summed E-state index contributed by atoms with van der Waals surface area (Å²) in [7, 11) is 0. The molecule has 19 heavy (non-hydrogen) atoms. The lowest BCUT2D eigenvalue weighted by molar-refractivity contribution is -0.0276. The molecule has 2 unspecified atom stereocenters. The largest absolute Gasteiger partial charge is 0.492 e. The molecule has 3 heteroatoms. The van der Waals surface area contributed by atoms with Gasteiger partial charge in [-0.2, -0.15) is 0 Å². The molecule has 1 aromatic carbocycles. The van der Waals surface area contributed by atoms with Crippen LogP contribution in [0.3, 0.4) is 0 Å². The van der Waals surface area contributed by atoms with Gasteiger partial charge in [0.25, 0.3) is 0 Å². The average Bonchev–Trinajstić information content (AvgIpc) is 2.44. The van der Waals surface area contributed by atoms with E-state index in [1.807, 2.05) is 20.8 Å². The predicted molar refractivity (Wildman–Crippen MR) is 74.3 cm³/mol. The first-order valence-corrected chi connectivity index (χ1v) is 7.13. The van der Waals surface area contributed by atoms with E-state index in [1.54, 1.807) is 12.1 Å². The summed E-state index contributed by atoms with van der Waals surface area (Å²) in [6.45, 7) is 10.1. The van der Waals surface area contributed by atoms with Crippen LogP contribution in [-0.2, 0) is 10.2 Å². The Labute approximate surface area is 114 Å². The van der Waals surface area contributed by atoms with Crippen molar-refractivity contribution in [3.8, 4) is 5.75 Å². The molecule has 2 aliphatic rings. The van der Waals surface area contributed by atoms with Crippen LogP contribution in [-0.4, -0.2) is 19.8 Å². The first kappa shape index (κ1) is 14.3. The van der Waals surface area contributed by atoms with Crippen LogP contribution in [0.2, 0.25) is 0 Å². The Balaban J connectivity index is 0.000000637. The SMILES string of the molecule is CC.Cc1ccc(F)c2c1OCC1COCCC21C. The zero-order valence-electron chi connectivity index (χ0n) is 12.3. The van der Waals surface area contributed by atoms with Crippen molar-refractivity contribution in [2.75, 3.05) is 19.8 Å². The fourth-order valence-corrected chi connectivity index (χ4v) is 3.02. The van der Waals surface area contributed by atoms with Gasteiger partial charge < -0.3 is 9.47 Å². The van der Waals surface area contributed by atoms with E-state index in [4.69, 9.17) is 9.47 Å². The third kappa shape index (κ3) is 2.25. The molecule has 0 N–H and O–H groups in total. The highest BCUT2D eigenvalue weighted by atomic mass is 19.1. The highest BCUT2D eigenvalue weighted by Gasteiger charge is 2.46. The molecule has 2 heterocycles. The van der Waals surface area contributed by atoms with Crippen LogP contribution in [0.15, 0.2) is 12.1 Å². The fraction of sp³-hybridized carbons (Fsp3) is 0.625. The molecule has 0 saturated carbocycles. The van der Waals surface area contributed by atoms with Gasteiger partial charge in [0.15, 0.2) is 0 Å². The van der Waals surface area contributed by atoms with Gasteiger partial charge in [0.05, 0.1) is 13.2 Å². The number of hydrogen-bond acceptors (Lipinski definition) is 2. The number of aryl methyl sites for hydroxylation is 1. The Bertz CT molecular complexity index is 458. The molecule has 0 aliphatic carbocycles. The molecule has 1 fully saturated rings. The molecule has 0 spiro atoms. The summed E-state index contributed by atoms with van der Waals surface area (Å²) in [5.74, 6) is 0.880. The molecule has 2 atom stereocenters. The lowest BCUT2D eigenvalue weighted by atomic mass is 9.67. The quantitative estimate of drug-likeness (QED) is 0.710. The summed E-state index contributed by atoms with van der Waals surface area (Å²) in [4.78, 5) is 0. The van der Waals surface area contributed by atoms with Gasteiger partial charge in [0.2, 0.25) is 0 Å². The lowest BCUT2D eigenvalue weighted by Gasteiger charge is -2.45. The number of halogens is 1. The molecule has 2 aliphatic heterocycles. The van der Waals surface area contributed by atoms with E-state index in [-0.39, 0.29) is 17.2 Å². The summed E-state index contributed by atoms with van der Waals surface area (Å²) in [6, 6.07) is 3.35. The van der Waals surface area contributed by atoms with Crippen molar-refractivity contribution in [1.29, 1.82) is 0 Å². The van der Waals surface area contributed by atoms with E-state index in [2.05, 4.69) is 6.92 Å². The third-order valence-corrected chi connectivity index (χ3v) is 4.29. The molecule has 0 radical (unpaired) electrons. The Morgan fingerprint density at radius 1 is 1.26 bits per heavy atom. The number of ether oxygens (including phenoxy) is 2. The average molecular weight is 266 g/mol. The number of hydrogen-bond donors (Lipinski definition) is 0. The van der Waals surface area contributed by atoms with E-state index >= 15 is 0 Å². The summed E-state index contributed by atoms with van der Waals surface area (Å²) >= 11 is 0. The zero-order valence-corrected chi connectivity index (χ0v) is 12.3. The molecule has 0 bridgehead atoms. The Hall–Kier alpha value is -1.09. The van der Waals surface area contributed by atoms with Crippen molar-refractivity contribution in [2.24, 2.45) is 5.92 Å². The fourth-order valence-electron chi connectivity index (χ4n) is 3.02. The number of fused-ring (bicyclic) bond motifs is 3. The topological polar surface area (TPSA) is 18.5 Å². The molecule has 0 amide bonds. The minimum atomic E-state index is -0.139. The van der Waals surface area contributed by atoms with Gasteiger partial charge >= 0.3 is 0 Å². The van der Waals surface area contributed by atoms with Gasteiger partial charge in [-0.05, 0) is 25.0 Å². The summed E-state index contributed by atoms with van der Waals surface area (Å²) in [6.07, 6.45) is 0.869. The highest BCUT2D eigenvalue weighted by Crippen LogP contribution is 2.48. The molecule has 0 aromatic heterocycles. The third-order valence-electron chi connectivity index (χ3n) is 4.29. The number of benzene rings is 1. The lowest BCUT2D eigenvalue weighted by Crippen LogP contribution is -2.47. The van der Waals surface area contributed by atoms with Crippen molar-refractivity contribution >= 4 is 0 Å². The van der Waals surface area contributed by atoms with Gasteiger partial charge in [0.1, 0.15) is 11.6 Å². The Morgan fingerprint density at radius 3 is 2.74 bits per heavy atom. The second-order valence-electron chi connectivity index (χ2n) is 5.32. The standard InChI is InChI=1S/C14H17FO2.C2H6/c1-9-3-4-11(15)12-13(9)17-8-10-7-16-6-5-14(10,12)2;1-2/h3-4,10H,5-8H2,1-2H3;1-2H3. The molecule has 2 nitrogen and oxygen atoms in total. The van der Waals surface area contributed by atoms with E-state index in [0.717, 1.165) is 23.3 Å². The van der Waals surface area contributed by atoms with Crippen LogP contribution in [0, 0.1) is 18.7 Å². The molecule has 3 rings (SSSR count). The van der Waals surface area contributed by atoms with Gasteiger partial charge in [0, 0.05) is 23.5 Å². The van der Waals surface area contributed by atoms with Crippen molar-refractivity contribution in [3.05, 3.63) is 29.1 Å². The maximum absolute atomic E-state index is 14.1. The van der Waals surface area contributed by atoms with Gasteiger partial charge in [-0.3, -0.25) is 0 Å². The first-order chi connectivity index (χ1) is 9.13. The minimum Gasteiger partial charge on any atom is -0.492 e. The van der Waals surface area contributed by atoms with E-state index in [9.17, 15) is 4.39 Å². The van der Waals surface area contributed by atoms with Crippen LogP contribution in [0.5, 0.6) is 5.75 Å². The maximum atomic E-state index is 14.1. The smallest absolute Gasteiger partial charge is 0.130 e. The van der Waals surface area contributed by atoms with Crippen molar-refractivity contribution in [2.45, 2.75) is 39.5 Å². The highest BCUT2D eigenvalue weighted by molar-refractivity contribution is 5.48. The van der Waals surface area contributed by atoms with E-state index < -0.39 is 0 Å². The first-order valence-electron chi connectivity index (χ1n) is 7.13. The monoisotopic (exact) mass is 266 g/mol. The zero-order chi connectivity index (χ0) is 14.0. The summed E-state index contributed by atoms with van der Waals surface area (Å²) in [5.41, 5.74) is 1.65. The maximum Gasteiger partial charge on any atom is 0.130 e. The summed E-state index contributed by atoms with van der Waals surface area (Å²) < 4.78 is 25.4. The van der Waals surface area contributed by atoms with Crippen LogP contribution in [0.4, 0.5) is 4.39 Å². The van der Waals surface area contributed by atoms with Crippen LogP contribution in [0.25, 0.3) is 0 Å². The Kier molecular flexibility index (Phi) is 4.14. The normalized spacial score (nSPS) is 28.4. The molecule has 106 valence electrons. The summed E-state index contributed by atoms with van der Waals surface area (Å²) in [5, 5.41) is 0. The van der Waals surface area contributed by atoms with Crippen molar-refractivity contribution in [1.82, 2.24) is 0 Å². The molecule has 1 saturated heterocycles. The molecular weight excluding hydrogens is 243 g/mol. The van der Waals surface area contributed by atoms with Crippen molar-refractivity contribution < 1.29 is 13.9 Å². The molecule has 1 aromatic rings. The van der Waals surface area contributed by atoms with Crippen LogP contribution in [0.1, 0.15) is 38.3 Å². The van der Waals surface area contributed by atoms with Gasteiger partial charge in [-0.25, -0.2) is 4.39 Å². The minimum absolute atomic E-state index is 0.137. The predicted octanol–water partition coefficient (Wildman–Crippen LogP) is 3.85. The van der Waals surface area contributed by atoms with Gasteiger partial charge in [-0.1, -0.05) is 26.8 Å². The van der Waals surface area contributed by atoms with E-state index in [1.165, 1.54) is 0 Å². The van der Waals surface area contributed by atoms with Gasteiger partial charge in [-0.15, -0.1) is 0 Å². The van der Waals surface area contributed by atoms with Crippen molar-refractivity contribution in [3.63, 3.8) is 0 Å². The second kappa shape index (κ2) is 5.49. The van der Waals surface area contributed by atoms with Crippen LogP contribution < -0.4 is 4.74 Å². The Morgan fingerprint density at radius 2 is 2.00 bits per heavy atom. The second-order valence-corrected chi connectivity index (χ2v) is 5.32. The van der Waals surface area contributed by atoms with Crippen LogP contribution >= 0.6 is 0 Å². The number of rotatable bonds is 0. The molecular formula is C16H23FO2. The van der Waals surface area contributed by atoms with E-state index in [0.29, 0.717) is 19.8 Å².